The second-order valence-electron chi connectivity index (χ2n) is 4.73. The monoisotopic (exact) mass is 349 g/mol. The summed E-state index contributed by atoms with van der Waals surface area (Å²) in [4.78, 5) is 0.199. The van der Waals surface area contributed by atoms with E-state index < -0.39 is 22.2 Å². The van der Waals surface area contributed by atoms with E-state index in [0.29, 0.717) is 0 Å². The summed E-state index contributed by atoms with van der Waals surface area (Å²) >= 11 is 3.27. The first-order valence-electron chi connectivity index (χ1n) is 6.24. The standard InChI is InChI=1S/C13H20BrNO3S/c1-4-9(2)13(10(3)16)15-19(17,18)12-7-5-11(14)6-8-12/h5-10,13,15-16H,4H2,1-3H3. The number of halogens is 1. The van der Waals surface area contributed by atoms with Gasteiger partial charge in [0.1, 0.15) is 0 Å². The fraction of sp³-hybridized carbons (Fsp3) is 0.538. The highest BCUT2D eigenvalue weighted by Gasteiger charge is 2.27. The van der Waals surface area contributed by atoms with Crippen LogP contribution >= 0.6 is 15.9 Å². The van der Waals surface area contributed by atoms with Gasteiger partial charge in [-0.2, -0.15) is 0 Å². The van der Waals surface area contributed by atoms with Crippen LogP contribution < -0.4 is 4.72 Å². The van der Waals surface area contributed by atoms with Gasteiger partial charge >= 0.3 is 0 Å². The molecule has 3 atom stereocenters. The Kier molecular flexibility index (Phi) is 5.98. The van der Waals surface area contributed by atoms with E-state index in [0.717, 1.165) is 10.9 Å². The summed E-state index contributed by atoms with van der Waals surface area (Å²) < 4.78 is 27.9. The fourth-order valence-corrected chi connectivity index (χ4v) is 3.49. The minimum absolute atomic E-state index is 0.0604. The highest BCUT2D eigenvalue weighted by molar-refractivity contribution is 9.10. The van der Waals surface area contributed by atoms with E-state index >= 15 is 0 Å². The summed E-state index contributed by atoms with van der Waals surface area (Å²) in [6.45, 7) is 5.48. The highest BCUT2D eigenvalue weighted by atomic mass is 79.9. The van der Waals surface area contributed by atoms with E-state index in [1.54, 1.807) is 19.1 Å². The molecule has 1 aromatic rings. The smallest absolute Gasteiger partial charge is 0.240 e. The number of nitrogens with one attached hydrogen (secondary N) is 1. The first-order valence-corrected chi connectivity index (χ1v) is 8.51. The van der Waals surface area contributed by atoms with Crippen molar-refractivity contribution in [3.05, 3.63) is 28.7 Å². The summed E-state index contributed by atoms with van der Waals surface area (Å²) in [5.74, 6) is 0.0604. The summed E-state index contributed by atoms with van der Waals surface area (Å²) in [6, 6.07) is 5.92. The van der Waals surface area contributed by atoms with Crippen LogP contribution in [0.1, 0.15) is 27.2 Å². The molecule has 19 heavy (non-hydrogen) atoms. The average Bonchev–Trinajstić information content (AvgIpc) is 2.35. The molecule has 1 aromatic carbocycles. The van der Waals surface area contributed by atoms with Crippen molar-refractivity contribution in [3.63, 3.8) is 0 Å². The number of aliphatic hydroxyl groups excluding tert-OH is 1. The highest BCUT2D eigenvalue weighted by Crippen LogP contribution is 2.18. The molecule has 0 bridgehead atoms. The maximum atomic E-state index is 12.2. The van der Waals surface area contributed by atoms with Crippen LogP contribution in [0.25, 0.3) is 0 Å². The minimum atomic E-state index is -3.61. The van der Waals surface area contributed by atoms with Crippen LogP contribution in [0.15, 0.2) is 33.6 Å². The summed E-state index contributed by atoms with van der Waals surface area (Å²) in [6.07, 6.45) is 0.0542. The predicted octanol–water partition coefficient (Wildman–Crippen LogP) is 2.52. The number of sulfonamides is 1. The van der Waals surface area contributed by atoms with E-state index in [1.165, 1.54) is 12.1 Å². The van der Waals surface area contributed by atoms with Crippen molar-refractivity contribution < 1.29 is 13.5 Å². The van der Waals surface area contributed by atoms with Crippen molar-refractivity contribution in [3.8, 4) is 0 Å². The Hall–Kier alpha value is -0.430. The van der Waals surface area contributed by atoms with Crippen molar-refractivity contribution in [1.29, 1.82) is 0 Å². The van der Waals surface area contributed by atoms with Crippen molar-refractivity contribution in [1.82, 2.24) is 4.72 Å². The van der Waals surface area contributed by atoms with Crippen molar-refractivity contribution in [2.45, 2.75) is 44.2 Å². The summed E-state index contributed by atoms with van der Waals surface area (Å²) in [7, 11) is -3.61. The van der Waals surface area contributed by atoms with Gasteiger partial charge in [0.25, 0.3) is 0 Å². The first kappa shape index (κ1) is 16.6. The third kappa shape index (κ3) is 4.56. The quantitative estimate of drug-likeness (QED) is 0.829. The van der Waals surface area contributed by atoms with Crippen LogP contribution in [0.2, 0.25) is 0 Å². The summed E-state index contributed by atoms with van der Waals surface area (Å²) in [5.41, 5.74) is 0. The Morgan fingerprint density at radius 2 is 1.79 bits per heavy atom. The Morgan fingerprint density at radius 1 is 1.26 bits per heavy atom. The third-order valence-electron chi connectivity index (χ3n) is 3.19. The van der Waals surface area contributed by atoms with E-state index in [1.807, 2.05) is 13.8 Å². The molecule has 0 aliphatic heterocycles. The zero-order chi connectivity index (χ0) is 14.6. The number of benzene rings is 1. The molecular weight excluding hydrogens is 330 g/mol. The molecule has 0 amide bonds. The van der Waals surface area contributed by atoms with Gasteiger partial charge in [-0.15, -0.1) is 0 Å². The van der Waals surface area contributed by atoms with Crippen molar-refractivity contribution in [2.75, 3.05) is 0 Å². The van der Waals surface area contributed by atoms with Gasteiger partial charge in [0.05, 0.1) is 17.0 Å². The second-order valence-corrected chi connectivity index (χ2v) is 7.36. The largest absolute Gasteiger partial charge is 0.392 e. The molecule has 108 valence electrons. The molecule has 4 nitrogen and oxygen atoms in total. The Morgan fingerprint density at radius 3 is 2.21 bits per heavy atom. The van der Waals surface area contributed by atoms with Crippen LogP contribution in [0.5, 0.6) is 0 Å². The van der Waals surface area contributed by atoms with Gasteiger partial charge in [0.15, 0.2) is 0 Å². The lowest BCUT2D eigenvalue weighted by molar-refractivity contribution is 0.128. The van der Waals surface area contributed by atoms with Crippen molar-refractivity contribution >= 4 is 26.0 Å². The van der Waals surface area contributed by atoms with Gasteiger partial charge in [0.2, 0.25) is 10.0 Å². The molecule has 2 N–H and O–H groups in total. The molecule has 0 aliphatic carbocycles. The van der Waals surface area contributed by atoms with Crippen LogP contribution in [0.3, 0.4) is 0 Å². The molecule has 0 saturated heterocycles. The Bertz CT molecular complexity index is 499. The topological polar surface area (TPSA) is 66.4 Å². The maximum absolute atomic E-state index is 12.2. The van der Waals surface area contributed by atoms with Gasteiger partial charge in [-0.05, 0) is 37.1 Å². The zero-order valence-electron chi connectivity index (χ0n) is 11.3. The number of rotatable bonds is 6. The summed E-state index contributed by atoms with van der Waals surface area (Å²) in [5, 5.41) is 9.73. The molecule has 1 rings (SSSR count). The van der Waals surface area contributed by atoms with Crippen molar-refractivity contribution in [2.24, 2.45) is 5.92 Å². The van der Waals surface area contributed by atoms with Gasteiger partial charge in [-0.25, -0.2) is 13.1 Å². The molecule has 0 aliphatic rings. The lowest BCUT2D eigenvalue weighted by Crippen LogP contribution is -2.46. The molecule has 0 saturated carbocycles. The normalized spacial score (nSPS) is 16.9. The van der Waals surface area contributed by atoms with Crippen LogP contribution in [-0.4, -0.2) is 25.7 Å². The van der Waals surface area contributed by atoms with E-state index in [9.17, 15) is 13.5 Å². The van der Waals surface area contributed by atoms with E-state index in [4.69, 9.17) is 0 Å². The van der Waals surface area contributed by atoms with Crippen LogP contribution in [0, 0.1) is 5.92 Å². The molecular formula is C13H20BrNO3S. The zero-order valence-corrected chi connectivity index (χ0v) is 13.7. The van der Waals surface area contributed by atoms with Crippen LogP contribution in [0.4, 0.5) is 0 Å². The molecule has 0 radical (unpaired) electrons. The van der Waals surface area contributed by atoms with E-state index in [2.05, 4.69) is 20.7 Å². The minimum Gasteiger partial charge on any atom is -0.392 e. The first-order chi connectivity index (χ1) is 8.77. The number of aliphatic hydroxyl groups is 1. The van der Waals surface area contributed by atoms with Crippen LogP contribution in [-0.2, 0) is 10.0 Å². The SMILES string of the molecule is CCC(C)C(NS(=O)(=O)c1ccc(Br)cc1)C(C)O. The third-order valence-corrected chi connectivity index (χ3v) is 5.20. The Labute approximate surface area is 123 Å². The van der Waals surface area contributed by atoms with Gasteiger partial charge in [-0.1, -0.05) is 36.2 Å². The fourth-order valence-electron chi connectivity index (χ4n) is 1.80. The molecule has 0 fully saturated rings. The average molecular weight is 350 g/mol. The molecule has 0 aromatic heterocycles. The van der Waals surface area contributed by atoms with E-state index in [-0.39, 0.29) is 10.8 Å². The molecule has 6 heteroatoms. The van der Waals surface area contributed by atoms with Gasteiger partial charge in [0, 0.05) is 4.47 Å². The molecule has 0 spiro atoms. The van der Waals surface area contributed by atoms with Gasteiger partial charge in [-0.3, -0.25) is 0 Å². The molecule has 3 unspecified atom stereocenters. The maximum Gasteiger partial charge on any atom is 0.240 e. The van der Waals surface area contributed by atoms with Gasteiger partial charge < -0.3 is 5.11 Å². The second kappa shape index (κ2) is 6.83. The Balaban J connectivity index is 2.97. The lowest BCUT2D eigenvalue weighted by atomic mass is 9.96. The molecule has 0 heterocycles. The number of hydrogen-bond donors (Lipinski definition) is 2. The lowest BCUT2D eigenvalue weighted by Gasteiger charge is -2.26. The number of hydrogen-bond acceptors (Lipinski definition) is 3. The predicted molar refractivity (Wildman–Crippen MR) is 79.4 cm³/mol.